The molecule has 0 aliphatic heterocycles. The molecule has 0 unspecified atom stereocenters. The van der Waals surface area contributed by atoms with Crippen molar-refractivity contribution in [1.82, 2.24) is 0 Å². The molecule has 2 aromatic rings. The number of Topliss-reactive ketones (excluding diaryl/α,β-unsaturated/α-hetero) is 1. The number of ketones is 1. The summed E-state index contributed by atoms with van der Waals surface area (Å²) in [5.74, 6) is -2.41. The third-order valence-corrected chi connectivity index (χ3v) is 3.13. The Morgan fingerprint density at radius 2 is 1.92 bits per heavy atom. The van der Waals surface area contributed by atoms with E-state index >= 15 is 0 Å². The molecule has 0 saturated carbocycles. The Balaban J connectivity index is 2.08. The molecule has 2 rings (SSSR count). The van der Waals surface area contributed by atoms with Gasteiger partial charge in [-0.2, -0.15) is 0 Å². The number of carbonyl (C=O) groups excluding carboxylic acids is 2. The largest absolute Gasteiger partial charge is 0.494 e. The number of hydrogen-bond acceptors (Lipinski definition) is 6. The third kappa shape index (κ3) is 3.72. The van der Waals surface area contributed by atoms with Crippen LogP contribution in [0.15, 0.2) is 42.5 Å². The van der Waals surface area contributed by atoms with Crippen LogP contribution in [0.5, 0.6) is 5.75 Å². The summed E-state index contributed by atoms with van der Waals surface area (Å²) in [6.45, 7) is -0.670. The number of ether oxygens (including phenoxy) is 2. The molecule has 0 aromatic heterocycles. The van der Waals surface area contributed by atoms with Gasteiger partial charge >= 0.3 is 5.97 Å². The van der Waals surface area contributed by atoms with Crippen LogP contribution in [-0.2, 0) is 4.74 Å². The number of hydrogen-bond donors (Lipinski definition) is 0. The summed E-state index contributed by atoms with van der Waals surface area (Å²) in [7, 11) is 1.29. The number of benzene rings is 2. The van der Waals surface area contributed by atoms with Crippen molar-refractivity contribution in [3.63, 3.8) is 0 Å². The predicted octanol–water partition coefficient (Wildman–Crippen LogP) is 2.78. The number of nitro benzene ring substituents is 1. The average molecular weight is 333 g/mol. The Labute approximate surface area is 135 Å². The average Bonchev–Trinajstić information content (AvgIpc) is 2.59. The highest BCUT2D eigenvalue weighted by atomic mass is 19.1. The van der Waals surface area contributed by atoms with E-state index in [-0.39, 0.29) is 16.9 Å². The van der Waals surface area contributed by atoms with Crippen LogP contribution in [0.4, 0.5) is 10.1 Å². The second-order valence-corrected chi connectivity index (χ2v) is 4.62. The number of carbonyl (C=O) groups is 2. The lowest BCUT2D eigenvalue weighted by molar-refractivity contribution is -0.385. The maximum Gasteiger partial charge on any atom is 0.345 e. The van der Waals surface area contributed by atoms with Crippen molar-refractivity contribution in [2.75, 3.05) is 13.7 Å². The summed E-state index contributed by atoms with van der Waals surface area (Å²) in [6.07, 6.45) is 0. The third-order valence-electron chi connectivity index (χ3n) is 3.13. The molecule has 0 radical (unpaired) electrons. The molecule has 2 aromatic carbocycles. The normalized spacial score (nSPS) is 10.1. The van der Waals surface area contributed by atoms with Gasteiger partial charge in [-0.05, 0) is 24.3 Å². The number of rotatable bonds is 6. The van der Waals surface area contributed by atoms with Gasteiger partial charge in [0.25, 0.3) is 5.69 Å². The predicted molar refractivity (Wildman–Crippen MR) is 80.7 cm³/mol. The van der Waals surface area contributed by atoms with Crippen molar-refractivity contribution >= 4 is 17.4 Å². The quantitative estimate of drug-likeness (QED) is 0.349. The van der Waals surface area contributed by atoms with Crippen molar-refractivity contribution in [1.29, 1.82) is 0 Å². The molecule has 0 bridgehead atoms. The van der Waals surface area contributed by atoms with Crippen LogP contribution in [0, 0.1) is 15.9 Å². The lowest BCUT2D eigenvalue weighted by Crippen LogP contribution is -2.15. The first-order valence-corrected chi connectivity index (χ1v) is 6.71. The number of nitrogens with zero attached hydrogens (tertiary/aromatic N) is 1. The lowest BCUT2D eigenvalue weighted by Gasteiger charge is -2.06. The van der Waals surface area contributed by atoms with E-state index < -0.39 is 34.8 Å². The van der Waals surface area contributed by atoms with Gasteiger partial charge in [0.05, 0.1) is 12.0 Å². The standard InChI is InChI=1S/C16H12FNO6/c1-23-15-7-6-10(8-12(15)17)14(19)9-24-16(20)11-4-2-3-5-13(11)18(21)22/h2-8H,9H2,1H3. The summed E-state index contributed by atoms with van der Waals surface area (Å²) in [5, 5.41) is 10.9. The molecular formula is C16H12FNO6. The Kier molecular flexibility index (Phi) is 5.20. The number of esters is 1. The number of para-hydroxylation sites is 1. The topological polar surface area (TPSA) is 95.7 Å². The number of methoxy groups -OCH3 is 1. The van der Waals surface area contributed by atoms with E-state index in [2.05, 4.69) is 0 Å². The van der Waals surface area contributed by atoms with Gasteiger partial charge in [-0.25, -0.2) is 9.18 Å². The molecule has 0 spiro atoms. The van der Waals surface area contributed by atoms with Crippen LogP contribution in [0.25, 0.3) is 0 Å². The minimum Gasteiger partial charge on any atom is -0.494 e. The Hall–Kier alpha value is -3.29. The first kappa shape index (κ1) is 17.1. The maximum absolute atomic E-state index is 13.6. The van der Waals surface area contributed by atoms with Crippen molar-refractivity contribution in [3.8, 4) is 5.75 Å². The van der Waals surface area contributed by atoms with E-state index in [1.165, 1.54) is 37.4 Å². The number of nitro groups is 1. The van der Waals surface area contributed by atoms with Gasteiger partial charge in [-0.1, -0.05) is 12.1 Å². The number of halogens is 1. The van der Waals surface area contributed by atoms with E-state index in [9.17, 15) is 24.1 Å². The van der Waals surface area contributed by atoms with Gasteiger partial charge in [0.1, 0.15) is 5.56 Å². The molecule has 0 amide bonds. The van der Waals surface area contributed by atoms with Crippen molar-refractivity contribution in [2.45, 2.75) is 0 Å². The molecule has 0 aliphatic rings. The molecular weight excluding hydrogens is 321 g/mol. The van der Waals surface area contributed by atoms with Crippen LogP contribution in [0.2, 0.25) is 0 Å². The van der Waals surface area contributed by atoms with Crippen molar-refractivity contribution < 1.29 is 28.4 Å². The fraction of sp³-hybridized carbons (Fsp3) is 0.125. The highest BCUT2D eigenvalue weighted by Gasteiger charge is 2.21. The van der Waals surface area contributed by atoms with Gasteiger partial charge < -0.3 is 9.47 Å². The second-order valence-electron chi connectivity index (χ2n) is 4.62. The molecule has 24 heavy (non-hydrogen) atoms. The molecule has 7 nitrogen and oxygen atoms in total. The van der Waals surface area contributed by atoms with Crippen LogP contribution in [0.1, 0.15) is 20.7 Å². The van der Waals surface area contributed by atoms with Gasteiger partial charge in [0.2, 0.25) is 0 Å². The van der Waals surface area contributed by atoms with Crippen LogP contribution in [-0.4, -0.2) is 30.4 Å². The van der Waals surface area contributed by atoms with E-state index in [0.717, 1.165) is 12.1 Å². The molecule has 8 heteroatoms. The summed E-state index contributed by atoms with van der Waals surface area (Å²) in [4.78, 5) is 34.0. The van der Waals surface area contributed by atoms with Crippen LogP contribution < -0.4 is 4.74 Å². The molecule has 0 saturated heterocycles. The molecule has 0 fully saturated rings. The zero-order valence-corrected chi connectivity index (χ0v) is 12.5. The molecule has 0 aliphatic carbocycles. The monoisotopic (exact) mass is 333 g/mol. The zero-order valence-electron chi connectivity index (χ0n) is 12.5. The SMILES string of the molecule is COc1ccc(C(=O)COC(=O)c2ccccc2[N+](=O)[O-])cc1F. The minimum atomic E-state index is -1.01. The molecule has 0 heterocycles. The Bertz CT molecular complexity index is 805. The van der Waals surface area contributed by atoms with Crippen LogP contribution in [0.3, 0.4) is 0 Å². The fourth-order valence-corrected chi connectivity index (χ4v) is 1.94. The first-order chi connectivity index (χ1) is 11.4. The van der Waals surface area contributed by atoms with Crippen molar-refractivity contribution in [3.05, 3.63) is 69.5 Å². The second kappa shape index (κ2) is 7.32. The molecule has 0 N–H and O–H groups in total. The van der Waals surface area contributed by atoms with Crippen molar-refractivity contribution in [2.24, 2.45) is 0 Å². The van der Waals surface area contributed by atoms with Crippen LogP contribution >= 0.6 is 0 Å². The van der Waals surface area contributed by atoms with Gasteiger partial charge in [0, 0.05) is 11.6 Å². The smallest absolute Gasteiger partial charge is 0.345 e. The highest BCUT2D eigenvalue weighted by Crippen LogP contribution is 2.20. The van der Waals surface area contributed by atoms with Gasteiger partial charge in [-0.3, -0.25) is 14.9 Å². The Morgan fingerprint density at radius 1 is 1.21 bits per heavy atom. The van der Waals surface area contributed by atoms with Gasteiger partial charge in [0.15, 0.2) is 24.0 Å². The maximum atomic E-state index is 13.6. The molecule has 124 valence electrons. The fourth-order valence-electron chi connectivity index (χ4n) is 1.94. The zero-order chi connectivity index (χ0) is 17.7. The van der Waals surface area contributed by atoms with E-state index in [1.54, 1.807) is 0 Å². The minimum absolute atomic E-state index is 0.0105. The van der Waals surface area contributed by atoms with Gasteiger partial charge in [-0.15, -0.1) is 0 Å². The summed E-state index contributed by atoms with van der Waals surface area (Å²) in [6, 6.07) is 8.76. The summed E-state index contributed by atoms with van der Waals surface area (Å²) in [5.41, 5.74) is -0.703. The molecule has 0 atom stereocenters. The van der Waals surface area contributed by atoms with E-state index in [0.29, 0.717) is 0 Å². The van der Waals surface area contributed by atoms with E-state index in [4.69, 9.17) is 9.47 Å². The summed E-state index contributed by atoms with van der Waals surface area (Å²) < 4.78 is 23.1. The lowest BCUT2D eigenvalue weighted by atomic mass is 10.1. The highest BCUT2D eigenvalue weighted by molar-refractivity contribution is 6.00. The Morgan fingerprint density at radius 3 is 2.54 bits per heavy atom. The first-order valence-electron chi connectivity index (χ1n) is 6.71. The summed E-state index contributed by atoms with van der Waals surface area (Å²) >= 11 is 0. The van der Waals surface area contributed by atoms with E-state index in [1.807, 2.05) is 0 Å².